The summed E-state index contributed by atoms with van der Waals surface area (Å²) in [6.07, 6.45) is 3.86. The average molecular weight is 437 g/mol. The predicted octanol–water partition coefficient (Wildman–Crippen LogP) is 4.49. The monoisotopic (exact) mass is 436 g/mol. The first-order valence-electron chi connectivity index (χ1n) is 9.74. The van der Waals surface area contributed by atoms with Crippen molar-refractivity contribution in [1.82, 2.24) is 18.8 Å². The number of oxazole rings is 1. The number of aromatic nitrogens is 3. The van der Waals surface area contributed by atoms with Crippen LogP contribution in [0.4, 0.5) is 0 Å². The maximum Gasteiger partial charge on any atom is 0.242 e. The largest absolute Gasteiger partial charge is 0.445 e. The number of fused-ring (bicyclic) bond motifs is 1. The Kier molecular flexibility index (Phi) is 6.70. The molecular formula is C20H28N4O3S2. The van der Waals surface area contributed by atoms with Crippen molar-refractivity contribution < 1.29 is 12.8 Å². The molecule has 7 nitrogen and oxygen atoms in total. The van der Waals surface area contributed by atoms with Crippen LogP contribution < -0.4 is 0 Å². The molecule has 0 N–H and O–H groups in total. The van der Waals surface area contributed by atoms with Crippen LogP contribution in [0, 0.1) is 0 Å². The molecule has 29 heavy (non-hydrogen) atoms. The summed E-state index contributed by atoms with van der Waals surface area (Å²) in [4.78, 5) is 9.34. The zero-order chi connectivity index (χ0) is 21.2. The molecule has 0 radical (unpaired) electrons. The van der Waals surface area contributed by atoms with Gasteiger partial charge < -0.3 is 8.98 Å². The first-order valence-corrected chi connectivity index (χ1v) is 12.2. The Balaban J connectivity index is 1.93. The molecule has 0 atom stereocenters. The van der Waals surface area contributed by atoms with Crippen LogP contribution in [0.2, 0.25) is 0 Å². The lowest BCUT2D eigenvalue weighted by molar-refractivity contribution is 0.453. The van der Waals surface area contributed by atoms with E-state index in [-0.39, 0.29) is 4.90 Å². The Labute approximate surface area is 176 Å². The number of unbranched alkanes of at least 4 members (excludes halogenated alkanes) is 1. The fourth-order valence-electron chi connectivity index (χ4n) is 2.89. The molecule has 1 aromatic carbocycles. The Bertz CT molecular complexity index is 1080. The molecule has 2 aromatic heterocycles. The molecule has 3 aromatic rings. The molecule has 0 fully saturated rings. The van der Waals surface area contributed by atoms with E-state index < -0.39 is 10.0 Å². The number of benzene rings is 1. The van der Waals surface area contributed by atoms with Gasteiger partial charge in [0.15, 0.2) is 5.16 Å². The van der Waals surface area contributed by atoms with Gasteiger partial charge in [0.25, 0.3) is 0 Å². The minimum absolute atomic E-state index is 0.251. The smallest absolute Gasteiger partial charge is 0.242 e. The minimum atomic E-state index is -3.50. The second-order valence-corrected chi connectivity index (χ2v) is 10.5. The van der Waals surface area contributed by atoms with Crippen molar-refractivity contribution in [3.8, 4) is 0 Å². The maximum absolute atomic E-state index is 12.5. The van der Waals surface area contributed by atoms with Crippen LogP contribution in [0.25, 0.3) is 11.0 Å². The highest BCUT2D eigenvalue weighted by Crippen LogP contribution is 2.29. The molecular weight excluding hydrogens is 408 g/mol. The van der Waals surface area contributed by atoms with Crippen LogP contribution in [-0.4, -0.2) is 41.4 Å². The Morgan fingerprint density at radius 1 is 1.28 bits per heavy atom. The molecule has 0 aliphatic heterocycles. The molecule has 9 heteroatoms. The Morgan fingerprint density at radius 2 is 2.03 bits per heavy atom. The second-order valence-electron chi connectivity index (χ2n) is 7.44. The first kappa shape index (κ1) is 21.9. The maximum atomic E-state index is 12.5. The van der Waals surface area contributed by atoms with Gasteiger partial charge in [-0.25, -0.2) is 22.7 Å². The van der Waals surface area contributed by atoms with Crippen molar-refractivity contribution in [1.29, 1.82) is 0 Å². The standard InChI is InChI=1S/C20H28N4O3S2/c1-6-7-10-24-17-9-8-15(29(25,26)23(4)5)11-16(17)22-20(24)28-13-19-21-12-18(27-19)14(2)3/h8-9,11-12,14H,6-7,10,13H2,1-5H3. The van der Waals surface area contributed by atoms with Crippen molar-refractivity contribution in [2.24, 2.45) is 0 Å². The molecule has 2 heterocycles. The van der Waals surface area contributed by atoms with Gasteiger partial charge >= 0.3 is 0 Å². The van der Waals surface area contributed by atoms with Gasteiger partial charge in [-0.2, -0.15) is 0 Å². The third kappa shape index (κ3) is 4.67. The van der Waals surface area contributed by atoms with Gasteiger partial charge in [0.05, 0.1) is 27.9 Å². The zero-order valence-corrected chi connectivity index (χ0v) is 19.2. The van der Waals surface area contributed by atoms with Crippen molar-refractivity contribution in [2.75, 3.05) is 14.1 Å². The van der Waals surface area contributed by atoms with Crippen LogP contribution in [0.5, 0.6) is 0 Å². The first-order chi connectivity index (χ1) is 13.7. The lowest BCUT2D eigenvalue weighted by Crippen LogP contribution is -2.22. The summed E-state index contributed by atoms with van der Waals surface area (Å²) in [5.74, 6) is 2.42. The van der Waals surface area contributed by atoms with Gasteiger partial charge in [0, 0.05) is 26.6 Å². The molecule has 158 valence electrons. The SMILES string of the molecule is CCCCn1c(SCc2ncc(C(C)C)o2)nc2cc(S(=O)(=O)N(C)C)ccc21. The van der Waals surface area contributed by atoms with Crippen LogP contribution in [-0.2, 0) is 22.3 Å². The van der Waals surface area contributed by atoms with Gasteiger partial charge in [0.1, 0.15) is 5.76 Å². The van der Waals surface area contributed by atoms with Crippen LogP contribution in [0.3, 0.4) is 0 Å². The van der Waals surface area contributed by atoms with E-state index in [1.807, 2.05) is 6.07 Å². The van der Waals surface area contributed by atoms with Crippen LogP contribution >= 0.6 is 11.8 Å². The van der Waals surface area contributed by atoms with Gasteiger partial charge in [-0.3, -0.25) is 0 Å². The molecule has 0 bridgehead atoms. The van der Waals surface area contributed by atoms with Gasteiger partial charge in [-0.05, 0) is 24.6 Å². The summed E-state index contributed by atoms with van der Waals surface area (Å²) in [5.41, 5.74) is 1.62. The molecule has 0 amide bonds. The van der Waals surface area contributed by atoms with Crippen LogP contribution in [0.1, 0.15) is 51.2 Å². The summed E-state index contributed by atoms with van der Waals surface area (Å²) < 4.78 is 34.1. The van der Waals surface area contributed by atoms with Gasteiger partial charge in [-0.1, -0.05) is 39.0 Å². The van der Waals surface area contributed by atoms with E-state index in [2.05, 4.69) is 30.3 Å². The number of aryl methyl sites for hydroxylation is 1. The topological polar surface area (TPSA) is 81.2 Å². The lowest BCUT2D eigenvalue weighted by atomic mass is 10.2. The molecule has 0 saturated carbocycles. The van der Waals surface area contributed by atoms with Crippen molar-refractivity contribution in [2.45, 2.75) is 61.9 Å². The number of hydrogen-bond donors (Lipinski definition) is 0. The summed E-state index contributed by atoms with van der Waals surface area (Å²) in [5, 5.41) is 0.845. The quantitative estimate of drug-likeness (QED) is 0.460. The average Bonchev–Trinajstić information content (AvgIpc) is 3.28. The normalized spacial score (nSPS) is 12.5. The molecule has 3 rings (SSSR count). The summed E-state index contributed by atoms with van der Waals surface area (Å²) >= 11 is 1.56. The molecule has 0 aliphatic rings. The molecule has 0 unspecified atom stereocenters. The number of nitrogens with zero attached hydrogens (tertiary/aromatic N) is 4. The summed E-state index contributed by atoms with van der Waals surface area (Å²) in [7, 11) is -0.437. The third-order valence-electron chi connectivity index (χ3n) is 4.66. The number of rotatable bonds is 9. The fraction of sp³-hybridized carbons (Fsp3) is 0.500. The zero-order valence-electron chi connectivity index (χ0n) is 17.5. The Hall–Kier alpha value is -1.84. The van der Waals surface area contributed by atoms with Gasteiger partial charge in [0.2, 0.25) is 15.9 Å². The van der Waals surface area contributed by atoms with Crippen molar-refractivity contribution >= 4 is 32.8 Å². The number of hydrogen-bond acceptors (Lipinski definition) is 6. The minimum Gasteiger partial charge on any atom is -0.445 e. The van der Waals surface area contributed by atoms with Gasteiger partial charge in [-0.15, -0.1) is 0 Å². The highest BCUT2D eigenvalue weighted by molar-refractivity contribution is 7.98. The van der Waals surface area contributed by atoms with Crippen LogP contribution in [0.15, 0.2) is 38.9 Å². The fourth-order valence-corrected chi connectivity index (χ4v) is 4.70. The Morgan fingerprint density at radius 3 is 2.66 bits per heavy atom. The molecule has 0 aliphatic carbocycles. The highest BCUT2D eigenvalue weighted by atomic mass is 32.2. The highest BCUT2D eigenvalue weighted by Gasteiger charge is 2.20. The van der Waals surface area contributed by atoms with Crippen molar-refractivity contribution in [3.05, 3.63) is 36.0 Å². The van der Waals surface area contributed by atoms with E-state index >= 15 is 0 Å². The van der Waals surface area contributed by atoms with E-state index in [1.54, 1.807) is 30.1 Å². The third-order valence-corrected chi connectivity index (χ3v) is 7.44. The summed E-state index contributed by atoms with van der Waals surface area (Å²) in [6.45, 7) is 7.12. The second kappa shape index (κ2) is 8.89. The molecule has 0 saturated heterocycles. The number of imidazole rings is 1. The lowest BCUT2D eigenvalue weighted by Gasteiger charge is -2.11. The van der Waals surface area contributed by atoms with E-state index in [0.29, 0.717) is 23.1 Å². The predicted molar refractivity (Wildman–Crippen MR) is 116 cm³/mol. The van der Waals surface area contributed by atoms with E-state index in [4.69, 9.17) is 9.40 Å². The van der Waals surface area contributed by atoms with E-state index in [1.165, 1.54) is 18.4 Å². The summed E-state index contributed by atoms with van der Waals surface area (Å²) in [6, 6.07) is 5.15. The van der Waals surface area contributed by atoms with E-state index in [9.17, 15) is 8.42 Å². The van der Waals surface area contributed by atoms with Crippen molar-refractivity contribution in [3.63, 3.8) is 0 Å². The van der Waals surface area contributed by atoms with E-state index in [0.717, 1.165) is 35.8 Å². The number of thioether (sulfide) groups is 1. The number of sulfonamides is 1. The molecule has 0 spiro atoms.